The van der Waals surface area contributed by atoms with Crippen molar-refractivity contribution in [1.29, 1.82) is 0 Å². The fourth-order valence-corrected chi connectivity index (χ4v) is 2.69. The van der Waals surface area contributed by atoms with Crippen LogP contribution in [0.4, 0.5) is 5.69 Å². The molecule has 1 N–H and O–H groups in total. The summed E-state index contributed by atoms with van der Waals surface area (Å²) in [6, 6.07) is 1.85. The molecule has 1 aliphatic heterocycles. The van der Waals surface area contributed by atoms with Gasteiger partial charge in [-0.2, -0.15) is 0 Å². The summed E-state index contributed by atoms with van der Waals surface area (Å²) in [6.07, 6.45) is 4.36. The van der Waals surface area contributed by atoms with Crippen molar-refractivity contribution < 1.29 is 9.59 Å². The average Bonchev–Trinajstić information content (AvgIpc) is 2.58. The standard InChI is InChI=1S/C17H27N5O2/c1-14(23)21-7-9-22(10-8-21)17(24)15-11-16(13-18-12-15)19-5-4-6-20(2)3/h11-13,19H,4-10H2,1-3H3. The van der Waals surface area contributed by atoms with Crippen LogP contribution in [-0.4, -0.2) is 84.9 Å². The minimum atomic E-state index is -0.0253. The van der Waals surface area contributed by atoms with Crippen LogP contribution in [-0.2, 0) is 4.79 Å². The molecule has 2 rings (SSSR count). The van der Waals surface area contributed by atoms with Crippen LogP contribution < -0.4 is 5.32 Å². The van der Waals surface area contributed by atoms with Crippen LogP contribution in [0.15, 0.2) is 18.5 Å². The van der Waals surface area contributed by atoms with Gasteiger partial charge in [-0.3, -0.25) is 14.6 Å². The molecule has 0 saturated carbocycles. The number of nitrogens with one attached hydrogen (secondary N) is 1. The van der Waals surface area contributed by atoms with Gasteiger partial charge in [0.25, 0.3) is 5.91 Å². The third kappa shape index (κ3) is 5.19. The quantitative estimate of drug-likeness (QED) is 0.778. The first-order valence-corrected chi connectivity index (χ1v) is 8.36. The monoisotopic (exact) mass is 333 g/mol. The van der Waals surface area contributed by atoms with Crippen molar-refractivity contribution in [2.45, 2.75) is 13.3 Å². The van der Waals surface area contributed by atoms with Gasteiger partial charge in [-0.15, -0.1) is 0 Å². The van der Waals surface area contributed by atoms with E-state index >= 15 is 0 Å². The molecule has 1 fully saturated rings. The van der Waals surface area contributed by atoms with Gasteiger partial charge in [0.2, 0.25) is 5.91 Å². The molecule has 1 saturated heterocycles. The largest absolute Gasteiger partial charge is 0.384 e. The van der Waals surface area contributed by atoms with Gasteiger partial charge in [0.15, 0.2) is 0 Å². The van der Waals surface area contributed by atoms with Crippen LogP contribution in [0, 0.1) is 0 Å². The molecule has 1 aromatic heterocycles. The van der Waals surface area contributed by atoms with E-state index in [1.54, 1.807) is 29.1 Å². The van der Waals surface area contributed by atoms with Gasteiger partial charge >= 0.3 is 0 Å². The number of anilines is 1. The molecule has 2 amide bonds. The van der Waals surface area contributed by atoms with E-state index in [9.17, 15) is 9.59 Å². The first-order chi connectivity index (χ1) is 11.5. The maximum atomic E-state index is 12.6. The summed E-state index contributed by atoms with van der Waals surface area (Å²) >= 11 is 0. The van der Waals surface area contributed by atoms with E-state index < -0.39 is 0 Å². The van der Waals surface area contributed by atoms with E-state index in [0.717, 1.165) is 25.2 Å². The summed E-state index contributed by atoms with van der Waals surface area (Å²) < 4.78 is 0. The molecule has 24 heavy (non-hydrogen) atoms. The summed E-state index contributed by atoms with van der Waals surface area (Å²) in [7, 11) is 4.10. The Labute approximate surface area is 143 Å². The molecule has 1 aromatic rings. The lowest BCUT2D eigenvalue weighted by Gasteiger charge is -2.34. The normalized spacial score (nSPS) is 14.8. The van der Waals surface area contributed by atoms with E-state index in [1.165, 1.54) is 0 Å². The van der Waals surface area contributed by atoms with Gasteiger partial charge in [0, 0.05) is 52.0 Å². The summed E-state index contributed by atoms with van der Waals surface area (Å²) in [4.78, 5) is 33.8. The molecule has 1 aliphatic rings. The second-order valence-corrected chi connectivity index (χ2v) is 6.34. The highest BCUT2D eigenvalue weighted by atomic mass is 16.2. The molecule has 0 aromatic carbocycles. The smallest absolute Gasteiger partial charge is 0.255 e. The highest BCUT2D eigenvalue weighted by Gasteiger charge is 2.23. The van der Waals surface area contributed by atoms with Crippen molar-refractivity contribution >= 4 is 17.5 Å². The number of carbonyl (C=O) groups excluding carboxylic acids is 2. The first kappa shape index (κ1) is 18.2. The SMILES string of the molecule is CC(=O)N1CCN(C(=O)c2cncc(NCCCN(C)C)c2)CC1. The Balaban J connectivity index is 1.88. The number of rotatable bonds is 6. The summed E-state index contributed by atoms with van der Waals surface area (Å²) in [5.74, 6) is 0.0373. The molecular weight excluding hydrogens is 306 g/mol. The molecule has 7 heteroatoms. The zero-order valence-corrected chi connectivity index (χ0v) is 14.8. The molecule has 0 spiro atoms. The highest BCUT2D eigenvalue weighted by molar-refractivity contribution is 5.95. The minimum absolute atomic E-state index is 0.0253. The number of aromatic nitrogens is 1. The number of amides is 2. The molecular formula is C17H27N5O2. The second kappa shape index (κ2) is 8.63. The Morgan fingerprint density at radius 1 is 1.17 bits per heavy atom. The van der Waals surface area contributed by atoms with Crippen LogP contribution in [0.2, 0.25) is 0 Å². The van der Waals surface area contributed by atoms with Gasteiger partial charge in [0.05, 0.1) is 11.3 Å². The van der Waals surface area contributed by atoms with Gasteiger partial charge in [-0.1, -0.05) is 0 Å². The fraction of sp³-hybridized carbons (Fsp3) is 0.588. The lowest BCUT2D eigenvalue weighted by atomic mass is 10.2. The minimum Gasteiger partial charge on any atom is -0.384 e. The Morgan fingerprint density at radius 3 is 2.46 bits per heavy atom. The third-order valence-corrected chi connectivity index (χ3v) is 4.11. The summed E-state index contributed by atoms with van der Waals surface area (Å²) in [5, 5.41) is 3.31. The Kier molecular flexibility index (Phi) is 6.54. The maximum absolute atomic E-state index is 12.6. The van der Waals surface area contributed by atoms with Crippen LogP contribution in [0.25, 0.3) is 0 Å². The number of pyridine rings is 1. The first-order valence-electron chi connectivity index (χ1n) is 8.36. The summed E-state index contributed by atoms with van der Waals surface area (Å²) in [6.45, 7) is 5.74. The number of piperazine rings is 1. The van der Waals surface area contributed by atoms with Crippen LogP contribution in [0.1, 0.15) is 23.7 Å². The lowest BCUT2D eigenvalue weighted by molar-refractivity contribution is -0.130. The average molecular weight is 333 g/mol. The van der Waals surface area contributed by atoms with Gasteiger partial charge in [-0.25, -0.2) is 0 Å². The molecule has 2 heterocycles. The van der Waals surface area contributed by atoms with E-state index in [0.29, 0.717) is 31.7 Å². The topological polar surface area (TPSA) is 68.8 Å². The van der Waals surface area contributed by atoms with Crippen LogP contribution in [0.3, 0.4) is 0 Å². The van der Waals surface area contributed by atoms with Gasteiger partial charge in [-0.05, 0) is 33.1 Å². The zero-order chi connectivity index (χ0) is 17.5. The van der Waals surface area contributed by atoms with Crippen LogP contribution >= 0.6 is 0 Å². The lowest BCUT2D eigenvalue weighted by Crippen LogP contribution is -2.50. The molecule has 132 valence electrons. The van der Waals surface area contributed by atoms with Crippen molar-refractivity contribution in [3.05, 3.63) is 24.0 Å². The fourth-order valence-electron chi connectivity index (χ4n) is 2.69. The maximum Gasteiger partial charge on any atom is 0.255 e. The Bertz CT molecular complexity index is 568. The molecule has 0 bridgehead atoms. The number of nitrogens with zero attached hydrogens (tertiary/aromatic N) is 4. The van der Waals surface area contributed by atoms with Crippen LogP contribution in [0.5, 0.6) is 0 Å². The third-order valence-electron chi connectivity index (χ3n) is 4.11. The molecule has 7 nitrogen and oxygen atoms in total. The van der Waals surface area contributed by atoms with Crippen molar-refractivity contribution in [1.82, 2.24) is 19.7 Å². The van der Waals surface area contributed by atoms with E-state index in [2.05, 4.69) is 15.2 Å². The molecule has 0 radical (unpaired) electrons. The highest BCUT2D eigenvalue weighted by Crippen LogP contribution is 2.13. The number of hydrogen-bond acceptors (Lipinski definition) is 5. The molecule has 0 unspecified atom stereocenters. The van der Waals surface area contributed by atoms with E-state index in [1.807, 2.05) is 20.2 Å². The van der Waals surface area contributed by atoms with Gasteiger partial charge < -0.3 is 20.0 Å². The summed E-state index contributed by atoms with van der Waals surface area (Å²) in [5.41, 5.74) is 1.45. The van der Waals surface area contributed by atoms with Crippen molar-refractivity contribution in [3.63, 3.8) is 0 Å². The van der Waals surface area contributed by atoms with E-state index in [4.69, 9.17) is 0 Å². The molecule has 0 aliphatic carbocycles. The van der Waals surface area contributed by atoms with E-state index in [-0.39, 0.29) is 11.8 Å². The Morgan fingerprint density at radius 2 is 1.83 bits per heavy atom. The number of hydrogen-bond donors (Lipinski definition) is 1. The second-order valence-electron chi connectivity index (χ2n) is 6.34. The zero-order valence-electron chi connectivity index (χ0n) is 14.8. The predicted molar refractivity (Wildman–Crippen MR) is 94.1 cm³/mol. The van der Waals surface area contributed by atoms with Gasteiger partial charge in [0.1, 0.15) is 0 Å². The predicted octanol–water partition coefficient (Wildman–Crippen LogP) is 0.750. The van der Waals surface area contributed by atoms with Crippen molar-refractivity contribution in [2.75, 3.05) is 58.7 Å². The van der Waals surface area contributed by atoms with Crippen molar-refractivity contribution in [2.24, 2.45) is 0 Å². The number of carbonyl (C=O) groups is 2. The molecule has 0 atom stereocenters. The Hall–Kier alpha value is -2.15. The van der Waals surface area contributed by atoms with Crippen molar-refractivity contribution in [3.8, 4) is 0 Å².